The second-order valence-corrected chi connectivity index (χ2v) is 6.55. The van der Waals surface area contributed by atoms with Crippen molar-refractivity contribution in [2.75, 3.05) is 11.9 Å². The predicted molar refractivity (Wildman–Crippen MR) is 88.7 cm³/mol. The zero-order valence-electron chi connectivity index (χ0n) is 11.4. The summed E-state index contributed by atoms with van der Waals surface area (Å²) in [5.74, 6) is 0.112. The lowest BCUT2D eigenvalue weighted by Gasteiger charge is -2.16. The van der Waals surface area contributed by atoms with E-state index >= 15 is 0 Å². The van der Waals surface area contributed by atoms with Gasteiger partial charge in [-0.1, -0.05) is 39.7 Å². The van der Waals surface area contributed by atoms with Crippen LogP contribution in [0, 0.1) is 0 Å². The summed E-state index contributed by atoms with van der Waals surface area (Å²) in [4.78, 5) is 13.4. The lowest BCUT2D eigenvalue weighted by Crippen LogP contribution is -2.20. The molecular formula is C16H14BrClN2O. The molecule has 1 aliphatic heterocycles. The zero-order chi connectivity index (χ0) is 15.1. The zero-order valence-corrected chi connectivity index (χ0v) is 13.8. The molecule has 0 aromatic heterocycles. The minimum Gasteiger partial charge on any atom is -0.320 e. The number of benzene rings is 2. The number of amides is 1. The van der Waals surface area contributed by atoms with Gasteiger partial charge in [-0.25, -0.2) is 0 Å². The van der Waals surface area contributed by atoms with Crippen LogP contribution in [0.15, 0.2) is 40.9 Å². The van der Waals surface area contributed by atoms with Crippen molar-refractivity contribution in [3.8, 4) is 0 Å². The second-order valence-electron chi connectivity index (χ2n) is 5.20. The number of anilines is 1. The number of nitrogens with two attached hydrogens (primary N) is 1. The van der Waals surface area contributed by atoms with E-state index in [0.717, 1.165) is 26.9 Å². The van der Waals surface area contributed by atoms with E-state index in [1.165, 1.54) is 0 Å². The molecule has 2 aromatic carbocycles. The van der Waals surface area contributed by atoms with Crippen LogP contribution in [0.2, 0.25) is 5.02 Å². The van der Waals surface area contributed by atoms with Crippen LogP contribution >= 0.6 is 27.5 Å². The normalized spacial score (nSPS) is 15.2. The fraction of sp³-hybridized carbons (Fsp3) is 0.188. The Bertz CT molecular complexity index is 712. The molecule has 1 atom stereocenters. The molecule has 1 amide bonds. The molecule has 0 aliphatic carbocycles. The molecule has 0 radical (unpaired) electrons. The van der Waals surface area contributed by atoms with Crippen molar-refractivity contribution < 1.29 is 4.79 Å². The fourth-order valence-corrected chi connectivity index (χ4v) is 3.52. The van der Waals surface area contributed by atoms with Crippen LogP contribution in [0.5, 0.6) is 0 Å². The van der Waals surface area contributed by atoms with Crippen molar-refractivity contribution in [3.63, 3.8) is 0 Å². The van der Waals surface area contributed by atoms with Gasteiger partial charge in [0.05, 0.1) is 12.5 Å². The maximum atomic E-state index is 11.7. The molecular weight excluding hydrogens is 352 g/mol. The van der Waals surface area contributed by atoms with Gasteiger partial charge in [0, 0.05) is 22.2 Å². The van der Waals surface area contributed by atoms with Crippen molar-refractivity contribution in [2.45, 2.75) is 12.5 Å². The quantitative estimate of drug-likeness (QED) is 0.882. The van der Waals surface area contributed by atoms with E-state index in [2.05, 4.69) is 15.9 Å². The number of fused-ring (bicyclic) bond motifs is 1. The third-order valence-electron chi connectivity index (χ3n) is 3.78. The SMILES string of the molecule is CN1C(=O)Cc2cc(C(N)c3cc(Cl)cc(Br)c3)ccc21. The van der Waals surface area contributed by atoms with Gasteiger partial charge < -0.3 is 10.6 Å². The van der Waals surface area contributed by atoms with E-state index in [9.17, 15) is 4.79 Å². The van der Waals surface area contributed by atoms with E-state index in [1.54, 1.807) is 11.9 Å². The third-order valence-corrected chi connectivity index (χ3v) is 4.46. The van der Waals surface area contributed by atoms with E-state index in [-0.39, 0.29) is 11.9 Å². The van der Waals surface area contributed by atoms with Gasteiger partial charge in [0.25, 0.3) is 0 Å². The first-order valence-corrected chi connectivity index (χ1v) is 7.74. The molecule has 0 saturated carbocycles. The fourth-order valence-electron chi connectivity index (χ4n) is 2.63. The van der Waals surface area contributed by atoms with Gasteiger partial charge in [-0.15, -0.1) is 0 Å². The van der Waals surface area contributed by atoms with Crippen molar-refractivity contribution >= 4 is 39.1 Å². The lowest BCUT2D eigenvalue weighted by atomic mass is 9.97. The van der Waals surface area contributed by atoms with Gasteiger partial charge in [0.2, 0.25) is 5.91 Å². The third kappa shape index (κ3) is 2.71. The summed E-state index contributed by atoms with van der Waals surface area (Å²) < 4.78 is 0.900. The number of likely N-dealkylation sites (N-methyl/N-ethyl adjacent to an activating group) is 1. The molecule has 3 nitrogen and oxygen atoms in total. The Hall–Kier alpha value is -1.36. The Morgan fingerprint density at radius 2 is 2.00 bits per heavy atom. The number of halogens is 2. The first-order valence-electron chi connectivity index (χ1n) is 6.56. The Morgan fingerprint density at radius 3 is 2.71 bits per heavy atom. The van der Waals surface area contributed by atoms with Gasteiger partial charge in [-0.2, -0.15) is 0 Å². The van der Waals surface area contributed by atoms with E-state index in [0.29, 0.717) is 11.4 Å². The van der Waals surface area contributed by atoms with Crippen molar-refractivity contribution in [1.82, 2.24) is 0 Å². The summed E-state index contributed by atoms with van der Waals surface area (Å²) in [6.45, 7) is 0. The minimum absolute atomic E-state index is 0.112. The highest BCUT2D eigenvalue weighted by Gasteiger charge is 2.24. The molecule has 1 unspecified atom stereocenters. The number of hydrogen-bond donors (Lipinski definition) is 1. The maximum absolute atomic E-state index is 11.7. The molecule has 1 aliphatic rings. The molecule has 5 heteroatoms. The van der Waals surface area contributed by atoms with Gasteiger partial charge in [0.1, 0.15) is 0 Å². The van der Waals surface area contributed by atoms with Crippen molar-refractivity contribution in [3.05, 3.63) is 62.6 Å². The summed E-state index contributed by atoms with van der Waals surface area (Å²) >= 11 is 9.50. The van der Waals surface area contributed by atoms with Crippen LogP contribution in [0.25, 0.3) is 0 Å². The average Bonchev–Trinajstić information content (AvgIpc) is 2.71. The van der Waals surface area contributed by atoms with Crippen LogP contribution in [0.1, 0.15) is 22.7 Å². The van der Waals surface area contributed by atoms with E-state index in [4.69, 9.17) is 17.3 Å². The smallest absolute Gasteiger partial charge is 0.231 e. The van der Waals surface area contributed by atoms with Gasteiger partial charge in [0.15, 0.2) is 0 Å². The molecule has 21 heavy (non-hydrogen) atoms. The van der Waals surface area contributed by atoms with Crippen LogP contribution in [-0.2, 0) is 11.2 Å². The number of carbonyl (C=O) groups is 1. The standard InChI is InChI=1S/C16H14BrClN2O/c1-20-14-3-2-9(4-10(14)7-15(20)21)16(19)11-5-12(17)8-13(18)6-11/h2-6,8,16H,7,19H2,1H3. The molecule has 0 saturated heterocycles. The first-order chi connectivity index (χ1) is 9.95. The summed E-state index contributed by atoms with van der Waals surface area (Å²) in [5.41, 5.74) is 10.2. The Kier molecular flexibility index (Phi) is 3.78. The number of rotatable bonds is 2. The molecule has 1 heterocycles. The topological polar surface area (TPSA) is 46.3 Å². The summed E-state index contributed by atoms with van der Waals surface area (Å²) in [6, 6.07) is 11.3. The average molecular weight is 366 g/mol. The van der Waals surface area contributed by atoms with Crippen LogP contribution in [0.4, 0.5) is 5.69 Å². The lowest BCUT2D eigenvalue weighted by molar-refractivity contribution is -0.117. The van der Waals surface area contributed by atoms with Gasteiger partial charge in [-0.3, -0.25) is 4.79 Å². The maximum Gasteiger partial charge on any atom is 0.231 e. The van der Waals surface area contributed by atoms with Crippen LogP contribution < -0.4 is 10.6 Å². The molecule has 0 fully saturated rings. The molecule has 2 N–H and O–H groups in total. The molecule has 0 bridgehead atoms. The van der Waals surface area contributed by atoms with E-state index in [1.807, 2.05) is 36.4 Å². The van der Waals surface area contributed by atoms with Crippen LogP contribution in [-0.4, -0.2) is 13.0 Å². The summed E-state index contributed by atoms with van der Waals surface area (Å²) in [5, 5.41) is 0.644. The molecule has 0 spiro atoms. The summed E-state index contributed by atoms with van der Waals surface area (Å²) in [6.07, 6.45) is 0.436. The van der Waals surface area contributed by atoms with Crippen molar-refractivity contribution in [2.24, 2.45) is 5.73 Å². The number of carbonyl (C=O) groups excluding carboxylic acids is 1. The Balaban J connectivity index is 1.98. The highest BCUT2D eigenvalue weighted by Crippen LogP contribution is 2.32. The number of hydrogen-bond acceptors (Lipinski definition) is 2. The molecule has 2 aromatic rings. The Labute approximate surface area is 136 Å². The highest BCUT2D eigenvalue weighted by atomic mass is 79.9. The monoisotopic (exact) mass is 364 g/mol. The van der Waals surface area contributed by atoms with E-state index < -0.39 is 0 Å². The number of nitrogens with zero attached hydrogens (tertiary/aromatic N) is 1. The molecule has 108 valence electrons. The predicted octanol–water partition coefficient (Wildman–Crippen LogP) is 3.67. The minimum atomic E-state index is -0.272. The summed E-state index contributed by atoms with van der Waals surface area (Å²) in [7, 11) is 1.79. The Morgan fingerprint density at radius 1 is 1.24 bits per heavy atom. The second kappa shape index (κ2) is 5.44. The van der Waals surface area contributed by atoms with Gasteiger partial charge >= 0.3 is 0 Å². The van der Waals surface area contributed by atoms with Gasteiger partial charge in [-0.05, 0) is 41.0 Å². The van der Waals surface area contributed by atoms with Crippen LogP contribution in [0.3, 0.4) is 0 Å². The highest BCUT2D eigenvalue weighted by molar-refractivity contribution is 9.10. The molecule has 3 rings (SSSR count). The van der Waals surface area contributed by atoms with Crippen molar-refractivity contribution in [1.29, 1.82) is 0 Å². The largest absolute Gasteiger partial charge is 0.320 e. The first kappa shape index (κ1) is 14.6.